The first-order chi connectivity index (χ1) is 8.60. The maximum absolute atomic E-state index is 13.6. The summed E-state index contributed by atoms with van der Waals surface area (Å²) in [4.78, 5) is 0. The van der Waals surface area contributed by atoms with Crippen LogP contribution in [0.15, 0.2) is 18.2 Å². The van der Waals surface area contributed by atoms with E-state index in [0.29, 0.717) is 0 Å². The van der Waals surface area contributed by atoms with Crippen molar-refractivity contribution in [1.82, 2.24) is 10.2 Å². The third-order valence-corrected chi connectivity index (χ3v) is 3.16. The molecule has 0 fully saturated rings. The summed E-state index contributed by atoms with van der Waals surface area (Å²) in [6.45, 7) is 12.5. The molecular weight excluding hydrogens is 239 g/mol. The molecule has 2 aromatic rings. The Balaban J connectivity index is 2.88. The molecule has 2 rings (SSSR count). The zero-order valence-corrected chi connectivity index (χ0v) is 12.5. The fraction of sp³-hybridized carbons (Fsp3) is 0.500. The molecule has 0 aliphatic rings. The van der Waals surface area contributed by atoms with Crippen LogP contribution in [0.3, 0.4) is 0 Å². The van der Waals surface area contributed by atoms with Gasteiger partial charge in [-0.3, -0.25) is 0 Å². The van der Waals surface area contributed by atoms with Gasteiger partial charge in [0.15, 0.2) is 0 Å². The predicted molar refractivity (Wildman–Crippen MR) is 76.9 cm³/mol. The number of fused-ring (bicyclic) bond motifs is 1. The quantitative estimate of drug-likeness (QED) is 0.703. The van der Waals surface area contributed by atoms with E-state index in [1.165, 1.54) is 6.07 Å². The number of benzene rings is 1. The molecule has 1 aromatic carbocycles. The maximum atomic E-state index is 13.6. The fourth-order valence-corrected chi connectivity index (χ4v) is 2.23. The van der Waals surface area contributed by atoms with Crippen molar-refractivity contribution in [1.29, 1.82) is 0 Å². The van der Waals surface area contributed by atoms with Gasteiger partial charge in [-0.2, -0.15) is 10.2 Å². The highest BCUT2D eigenvalue weighted by Crippen LogP contribution is 2.33. The highest BCUT2D eigenvalue weighted by Gasteiger charge is 2.25. The number of nitrogens with zero attached hydrogens (tertiary/aromatic N) is 2. The molecule has 3 heteroatoms. The molecule has 1 aromatic heterocycles. The van der Waals surface area contributed by atoms with Gasteiger partial charge in [-0.15, -0.1) is 0 Å². The third-order valence-electron chi connectivity index (χ3n) is 3.16. The third kappa shape index (κ3) is 2.60. The largest absolute Gasteiger partial charge is 0.207 e. The summed E-state index contributed by atoms with van der Waals surface area (Å²) in [6.07, 6.45) is 0. The van der Waals surface area contributed by atoms with Crippen LogP contribution in [0.2, 0.25) is 0 Å². The van der Waals surface area contributed by atoms with Crippen molar-refractivity contribution in [3.05, 3.63) is 35.4 Å². The molecule has 0 aliphatic heterocycles. The fourth-order valence-electron chi connectivity index (χ4n) is 2.23. The van der Waals surface area contributed by atoms with Gasteiger partial charge in [-0.25, -0.2) is 4.39 Å². The van der Waals surface area contributed by atoms with Crippen LogP contribution < -0.4 is 0 Å². The molecular formula is C16H21FN2. The Bertz CT molecular complexity index is 619. The summed E-state index contributed by atoms with van der Waals surface area (Å²) in [5.41, 5.74) is 1.49. The molecule has 0 saturated carbocycles. The second-order valence-electron chi connectivity index (χ2n) is 7.09. The first-order valence-electron chi connectivity index (χ1n) is 6.57. The summed E-state index contributed by atoms with van der Waals surface area (Å²) in [5.74, 6) is -0.231. The smallest absolute Gasteiger partial charge is 0.123 e. The summed E-state index contributed by atoms with van der Waals surface area (Å²) in [7, 11) is 0. The highest BCUT2D eigenvalue weighted by atomic mass is 19.1. The normalized spacial score (nSPS) is 13.0. The minimum Gasteiger partial charge on any atom is -0.207 e. The lowest BCUT2D eigenvalue weighted by Crippen LogP contribution is -2.20. The Morgan fingerprint density at radius 3 is 1.74 bits per heavy atom. The lowest BCUT2D eigenvalue weighted by molar-refractivity contribution is 0.536. The monoisotopic (exact) mass is 260 g/mol. The molecule has 19 heavy (non-hydrogen) atoms. The van der Waals surface area contributed by atoms with Crippen LogP contribution in [0.4, 0.5) is 4.39 Å². The average molecular weight is 260 g/mol. The van der Waals surface area contributed by atoms with Crippen LogP contribution >= 0.6 is 0 Å². The van der Waals surface area contributed by atoms with Crippen molar-refractivity contribution in [2.24, 2.45) is 0 Å². The minimum absolute atomic E-state index is 0.112. The van der Waals surface area contributed by atoms with Gasteiger partial charge >= 0.3 is 0 Å². The average Bonchev–Trinajstić information content (AvgIpc) is 2.24. The van der Waals surface area contributed by atoms with Crippen molar-refractivity contribution in [3.8, 4) is 0 Å². The molecule has 0 spiro atoms. The van der Waals surface area contributed by atoms with E-state index in [4.69, 9.17) is 0 Å². The van der Waals surface area contributed by atoms with E-state index in [0.717, 1.165) is 22.2 Å². The molecule has 0 bridgehead atoms. The molecule has 0 amide bonds. The van der Waals surface area contributed by atoms with Crippen LogP contribution in [0.1, 0.15) is 52.9 Å². The number of rotatable bonds is 0. The second kappa shape index (κ2) is 4.26. The molecule has 0 atom stereocenters. The van der Waals surface area contributed by atoms with Crippen molar-refractivity contribution < 1.29 is 4.39 Å². The minimum atomic E-state index is -0.231. The Labute approximate surface area is 114 Å². The van der Waals surface area contributed by atoms with Gasteiger partial charge in [-0.1, -0.05) is 41.5 Å². The Kier molecular flexibility index (Phi) is 3.12. The zero-order chi connectivity index (χ0) is 14.4. The van der Waals surface area contributed by atoms with Crippen molar-refractivity contribution in [2.45, 2.75) is 52.4 Å². The molecule has 0 saturated heterocycles. The Morgan fingerprint density at radius 2 is 1.26 bits per heavy atom. The SMILES string of the molecule is CC(C)(C)c1nnc(C(C)(C)C)c2cc(F)ccc12. The summed E-state index contributed by atoms with van der Waals surface area (Å²) in [5, 5.41) is 10.6. The van der Waals surface area contributed by atoms with E-state index in [2.05, 4.69) is 51.7 Å². The number of aromatic nitrogens is 2. The second-order valence-corrected chi connectivity index (χ2v) is 7.09. The van der Waals surface area contributed by atoms with Crippen molar-refractivity contribution in [3.63, 3.8) is 0 Å². The van der Waals surface area contributed by atoms with E-state index in [1.807, 2.05) is 6.07 Å². The van der Waals surface area contributed by atoms with Gasteiger partial charge in [0.05, 0.1) is 11.4 Å². The number of hydrogen-bond acceptors (Lipinski definition) is 2. The number of hydrogen-bond donors (Lipinski definition) is 0. The maximum Gasteiger partial charge on any atom is 0.123 e. The van der Waals surface area contributed by atoms with Crippen LogP contribution in [0.25, 0.3) is 10.8 Å². The van der Waals surface area contributed by atoms with Crippen molar-refractivity contribution in [2.75, 3.05) is 0 Å². The number of halogens is 1. The Hall–Kier alpha value is -1.51. The first-order valence-corrected chi connectivity index (χ1v) is 6.57. The summed E-state index contributed by atoms with van der Waals surface area (Å²) < 4.78 is 13.6. The van der Waals surface area contributed by atoms with E-state index in [1.54, 1.807) is 6.07 Å². The van der Waals surface area contributed by atoms with Gasteiger partial charge in [0, 0.05) is 21.6 Å². The molecule has 102 valence electrons. The van der Waals surface area contributed by atoms with Crippen LogP contribution in [0, 0.1) is 5.82 Å². The summed E-state index contributed by atoms with van der Waals surface area (Å²) >= 11 is 0. The zero-order valence-electron chi connectivity index (χ0n) is 12.5. The molecule has 0 unspecified atom stereocenters. The van der Waals surface area contributed by atoms with E-state index in [9.17, 15) is 4.39 Å². The lowest BCUT2D eigenvalue weighted by Gasteiger charge is -2.24. The molecule has 2 nitrogen and oxygen atoms in total. The highest BCUT2D eigenvalue weighted by molar-refractivity contribution is 5.87. The predicted octanol–water partition coefficient (Wildman–Crippen LogP) is 4.36. The molecule has 0 N–H and O–H groups in total. The first kappa shape index (κ1) is 13.9. The molecule has 0 aliphatic carbocycles. The lowest BCUT2D eigenvalue weighted by atomic mass is 9.84. The van der Waals surface area contributed by atoms with E-state index < -0.39 is 0 Å². The van der Waals surface area contributed by atoms with Crippen LogP contribution in [-0.4, -0.2) is 10.2 Å². The van der Waals surface area contributed by atoms with Gasteiger partial charge in [-0.05, 0) is 18.2 Å². The molecule has 0 radical (unpaired) electrons. The summed E-state index contributed by atoms with van der Waals surface area (Å²) in [6, 6.07) is 4.88. The van der Waals surface area contributed by atoms with Crippen molar-refractivity contribution >= 4 is 10.8 Å². The standard InChI is InChI=1S/C16H21FN2/c1-15(2,3)13-11-8-7-10(17)9-12(11)14(19-18-13)16(4,5)6/h7-9H,1-6H3. The van der Waals surface area contributed by atoms with Crippen LogP contribution in [-0.2, 0) is 10.8 Å². The van der Waals surface area contributed by atoms with Gasteiger partial charge in [0.1, 0.15) is 5.82 Å². The van der Waals surface area contributed by atoms with E-state index in [-0.39, 0.29) is 16.6 Å². The van der Waals surface area contributed by atoms with Gasteiger partial charge in [0.25, 0.3) is 0 Å². The molecule has 1 heterocycles. The van der Waals surface area contributed by atoms with Gasteiger partial charge in [0.2, 0.25) is 0 Å². The van der Waals surface area contributed by atoms with Crippen LogP contribution in [0.5, 0.6) is 0 Å². The van der Waals surface area contributed by atoms with Gasteiger partial charge < -0.3 is 0 Å². The van der Waals surface area contributed by atoms with E-state index >= 15 is 0 Å². The Morgan fingerprint density at radius 1 is 0.789 bits per heavy atom. The topological polar surface area (TPSA) is 25.8 Å².